The first-order valence-corrected chi connectivity index (χ1v) is 10.9. The van der Waals surface area contributed by atoms with Crippen LogP contribution in [0.4, 0.5) is 18.9 Å². The van der Waals surface area contributed by atoms with Gasteiger partial charge in [0.1, 0.15) is 0 Å². The summed E-state index contributed by atoms with van der Waals surface area (Å²) in [5.74, 6) is -0.436. The topological polar surface area (TPSA) is 43.6 Å². The number of hydrogen-bond acceptors (Lipinski definition) is 4. The number of carbonyl (C=O) groups is 1. The molecule has 0 saturated heterocycles. The maximum atomic E-state index is 13.3. The van der Waals surface area contributed by atoms with Crippen LogP contribution in [0.3, 0.4) is 0 Å². The smallest absolute Gasteiger partial charge is 0.416 e. The summed E-state index contributed by atoms with van der Waals surface area (Å²) in [7, 11) is 1.32. The fraction of sp³-hybridized carbons (Fsp3) is 0.120. The molecule has 0 bridgehead atoms. The van der Waals surface area contributed by atoms with E-state index < -0.39 is 17.7 Å². The summed E-state index contributed by atoms with van der Waals surface area (Å²) < 4.78 is 46.5. The van der Waals surface area contributed by atoms with Crippen LogP contribution in [0.25, 0.3) is 11.3 Å². The Labute approximate surface area is 192 Å². The Balaban J connectivity index is 1.80. The quantitative estimate of drug-likeness (QED) is 0.323. The monoisotopic (exact) mass is 468 g/mol. The molecular weight excluding hydrogens is 449 g/mol. The van der Waals surface area contributed by atoms with Crippen LogP contribution in [-0.2, 0) is 17.5 Å². The van der Waals surface area contributed by atoms with Gasteiger partial charge in [0, 0.05) is 5.38 Å². The Kier molecular flexibility index (Phi) is 6.46. The standard InChI is InChI=1S/C25H19F3N2O2S/c1-32-23(31)18-12-10-17(11-13-18)15-30-22(19-6-5-7-20(14-19)25(26,27)28)16-33-24(30)29-21-8-3-2-4-9-21/h2-14,16H,15H2,1H3. The zero-order chi connectivity index (χ0) is 23.4. The van der Waals surface area contributed by atoms with Gasteiger partial charge in [-0.2, -0.15) is 13.2 Å². The lowest BCUT2D eigenvalue weighted by Crippen LogP contribution is -2.17. The molecule has 0 atom stereocenters. The van der Waals surface area contributed by atoms with Gasteiger partial charge in [-0.3, -0.25) is 0 Å². The molecule has 0 aliphatic heterocycles. The molecule has 0 spiro atoms. The van der Waals surface area contributed by atoms with E-state index >= 15 is 0 Å². The second kappa shape index (κ2) is 9.46. The highest BCUT2D eigenvalue weighted by Gasteiger charge is 2.30. The van der Waals surface area contributed by atoms with E-state index in [1.807, 2.05) is 34.9 Å². The number of nitrogens with zero attached hydrogens (tertiary/aromatic N) is 2. The van der Waals surface area contributed by atoms with E-state index in [2.05, 4.69) is 0 Å². The Morgan fingerprint density at radius 1 is 1.00 bits per heavy atom. The minimum Gasteiger partial charge on any atom is -0.465 e. The average Bonchev–Trinajstić information content (AvgIpc) is 3.21. The number of hydrogen-bond donors (Lipinski definition) is 0. The number of halogens is 3. The minimum atomic E-state index is -4.43. The van der Waals surface area contributed by atoms with Crippen molar-refractivity contribution in [2.24, 2.45) is 4.99 Å². The molecular formula is C25H19F3N2O2S. The number of carbonyl (C=O) groups excluding carboxylic acids is 1. The molecule has 4 nitrogen and oxygen atoms in total. The normalized spacial score (nSPS) is 12.1. The molecule has 0 aliphatic rings. The highest BCUT2D eigenvalue weighted by atomic mass is 32.1. The van der Waals surface area contributed by atoms with Gasteiger partial charge in [0.15, 0.2) is 4.80 Å². The van der Waals surface area contributed by atoms with Crippen LogP contribution in [0, 0.1) is 0 Å². The third-order valence-electron chi connectivity index (χ3n) is 4.98. The lowest BCUT2D eigenvalue weighted by molar-refractivity contribution is -0.137. The first-order valence-electron chi connectivity index (χ1n) is 9.98. The van der Waals surface area contributed by atoms with Gasteiger partial charge in [-0.15, -0.1) is 11.3 Å². The molecule has 0 fully saturated rings. The Morgan fingerprint density at radius 3 is 2.39 bits per heavy atom. The second-order valence-electron chi connectivity index (χ2n) is 7.20. The molecule has 8 heteroatoms. The first-order chi connectivity index (χ1) is 15.8. The third kappa shape index (κ3) is 5.23. The van der Waals surface area contributed by atoms with Crippen molar-refractivity contribution in [1.82, 2.24) is 4.57 Å². The van der Waals surface area contributed by atoms with Crippen molar-refractivity contribution in [2.45, 2.75) is 12.7 Å². The molecule has 1 aromatic heterocycles. The second-order valence-corrected chi connectivity index (χ2v) is 8.04. The maximum Gasteiger partial charge on any atom is 0.416 e. The molecule has 0 amide bonds. The summed E-state index contributed by atoms with van der Waals surface area (Å²) in [6.07, 6.45) is -4.43. The average molecular weight is 469 g/mol. The SMILES string of the molecule is COC(=O)c1ccc(Cn2c(-c3cccc(C(F)(F)F)c3)csc2=Nc2ccccc2)cc1. The highest BCUT2D eigenvalue weighted by Crippen LogP contribution is 2.32. The van der Waals surface area contributed by atoms with E-state index in [1.54, 1.807) is 35.7 Å². The molecule has 0 aliphatic carbocycles. The molecule has 4 aromatic rings. The summed E-state index contributed by atoms with van der Waals surface area (Å²) in [5.41, 5.74) is 2.39. The largest absolute Gasteiger partial charge is 0.465 e. The van der Waals surface area contributed by atoms with Gasteiger partial charge in [0.25, 0.3) is 0 Å². The van der Waals surface area contributed by atoms with Gasteiger partial charge in [0.2, 0.25) is 0 Å². The van der Waals surface area contributed by atoms with Gasteiger partial charge >= 0.3 is 12.1 Å². The predicted octanol–water partition coefficient (Wildman–Crippen LogP) is 6.30. The van der Waals surface area contributed by atoms with E-state index in [9.17, 15) is 18.0 Å². The van der Waals surface area contributed by atoms with Gasteiger partial charge < -0.3 is 9.30 Å². The molecule has 0 unspecified atom stereocenters. The number of para-hydroxylation sites is 1. The van der Waals surface area contributed by atoms with Crippen molar-refractivity contribution < 1.29 is 22.7 Å². The lowest BCUT2D eigenvalue weighted by atomic mass is 10.1. The van der Waals surface area contributed by atoms with Crippen molar-refractivity contribution in [3.05, 3.63) is 106 Å². The summed E-state index contributed by atoms with van der Waals surface area (Å²) in [4.78, 5) is 17.1. The fourth-order valence-corrected chi connectivity index (χ4v) is 4.25. The van der Waals surface area contributed by atoms with Crippen LogP contribution in [0.2, 0.25) is 0 Å². The third-order valence-corrected chi connectivity index (χ3v) is 5.84. The van der Waals surface area contributed by atoms with E-state index in [0.29, 0.717) is 28.2 Å². The lowest BCUT2D eigenvalue weighted by Gasteiger charge is -2.12. The number of thiazole rings is 1. The Hall–Kier alpha value is -3.65. The molecule has 0 N–H and O–H groups in total. The summed E-state index contributed by atoms with van der Waals surface area (Å²) in [6.45, 7) is 0.363. The summed E-state index contributed by atoms with van der Waals surface area (Å²) in [5, 5.41) is 1.81. The fourth-order valence-electron chi connectivity index (χ4n) is 3.32. The number of rotatable bonds is 5. The molecule has 3 aromatic carbocycles. The van der Waals surface area contributed by atoms with Crippen LogP contribution >= 0.6 is 11.3 Å². The van der Waals surface area contributed by atoms with E-state index in [1.165, 1.54) is 24.5 Å². The number of alkyl halides is 3. The molecule has 0 radical (unpaired) electrons. The number of ether oxygens (including phenoxy) is 1. The van der Waals surface area contributed by atoms with Crippen molar-refractivity contribution in [3.63, 3.8) is 0 Å². The molecule has 168 valence electrons. The Bertz CT molecular complexity index is 1320. The number of methoxy groups -OCH3 is 1. The minimum absolute atomic E-state index is 0.363. The van der Waals surface area contributed by atoms with E-state index in [4.69, 9.17) is 9.73 Å². The van der Waals surface area contributed by atoms with Crippen LogP contribution in [-0.4, -0.2) is 17.6 Å². The predicted molar refractivity (Wildman–Crippen MR) is 121 cm³/mol. The van der Waals surface area contributed by atoms with E-state index in [0.717, 1.165) is 23.4 Å². The highest BCUT2D eigenvalue weighted by molar-refractivity contribution is 7.07. The van der Waals surface area contributed by atoms with Crippen LogP contribution < -0.4 is 4.80 Å². The first kappa shape index (κ1) is 22.5. The van der Waals surface area contributed by atoms with Crippen LogP contribution in [0.1, 0.15) is 21.5 Å². The van der Waals surface area contributed by atoms with Gasteiger partial charge in [-0.05, 0) is 47.5 Å². The van der Waals surface area contributed by atoms with Crippen molar-refractivity contribution >= 4 is 23.0 Å². The maximum absolute atomic E-state index is 13.3. The molecule has 33 heavy (non-hydrogen) atoms. The van der Waals surface area contributed by atoms with Crippen molar-refractivity contribution in [1.29, 1.82) is 0 Å². The molecule has 1 heterocycles. The molecule has 0 saturated carbocycles. The van der Waals surface area contributed by atoms with Gasteiger partial charge in [-0.1, -0.05) is 42.5 Å². The summed E-state index contributed by atoms with van der Waals surface area (Å²) >= 11 is 1.35. The van der Waals surface area contributed by atoms with Crippen LogP contribution in [0.15, 0.2) is 89.2 Å². The zero-order valence-electron chi connectivity index (χ0n) is 17.5. The molecule has 4 rings (SSSR count). The van der Waals surface area contributed by atoms with Crippen molar-refractivity contribution in [2.75, 3.05) is 7.11 Å². The zero-order valence-corrected chi connectivity index (χ0v) is 18.4. The van der Waals surface area contributed by atoms with E-state index in [-0.39, 0.29) is 0 Å². The van der Waals surface area contributed by atoms with Crippen molar-refractivity contribution in [3.8, 4) is 11.3 Å². The van der Waals surface area contributed by atoms with Gasteiger partial charge in [-0.25, -0.2) is 9.79 Å². The summed E-state index contributed by atoms with van der Waals surface area (Å²) in [6, 6.07) is 21.5. The Morgan fingerprint density at radius 2 is 1.73 bits per heavy atom. The van der Waals surface area contributed by atoms with Gasteiger partial charge in [0.05, 0.1) is 36.2 Å². The number of benzene rings is 3. The van der Waals surface area contributed by atoms with Crippen LogP contribution in [0.5, 0.6) is 0 Å². The number of aromatic nitrogens is 1. The number of esters is 1.